The first-order chi connectivity index (χ1) is 11.5. The summed E-state index contributed by atoms with van der Waals surface area (Å²) in [5, 5.41) is 21.9. The topological polar surface area (TPSA) is 105 Å². The van der Waals surface area contributed by atoms with Crippen molar-refractivity contribution in [1.82, 2.24) is 5.06 Å². The number of carboxylic acid groups (broad SMARTS) is 1. The lowest BCUT2D eigenvalue weighted by Crippen LogP contribution is -2.54. The number of rotatable bonds is 6. The van der Waals surface area contributed by atoms with Crippen LogP contribution in [0.3, 0.4) is 0 Å². The van der Waals surface area contributed by atoms with Crippen LogP contribution in [-0.4, -0.2) is 44.1 Å². The van der Waals surface area contributed by atoms with Crippen LogP contribution in [-0.2, 0) is 9.63 Å². The Morgan fingerprint density at radius 1 is 1.40 bits per heavy atom. The molecule has 1 aliphatic heterocycles. The highest BCUT2D eigenvalue weighted by Gasteiger charge is 2.51. The standard InChI is InChI=1S/C17H23N3O5/c1-6-13(15(21)22)25-19-14(18-16(2,3)17(19,4)5)11-8-7-9-12(10-11)20(23)24/h7-10,13H,6H2,1-5H3,(H,21,22). The van der Waals surface area contributed by atoms with Gasteiger partial charge in [0.05, 0.1) is 16.0 Å². The Balaban J connectivity index is 2.51. The molecular formula is C17H23N3O5. The maximum atomic E-state index is 11.4. The average molecular weight is 349 g/mol. The molecule has 2 rings (SSSR count). The van der Waals surface area contributed by atoms with Gasteiger partial charge in [-0.1, -0.05) is 19.1 Å². The Morgan fingerprint density at radius 3 is 2.56 bits per heavy atom. The van der Waals surface area contributed by atoms with E-state index >= 15 is 0 Å². The molecule has 136 valence electrons. The number of hydrogen-bond donors (Lipinski definition) is 1. The van der Waals surface area contributed by atoms with Gasteiger partial charge in [0, 0.05) is 17.7 Å². The van der Waals surface area contributed by atoms with Gasteiger partial charge < -0.3 is 5.11 Å². The first-order valence-electron chi connectivity index (χ1n) is 8.05. The number of aliphatic carboxylic acids is 1. The SMILES string of the molecule is CCC(ON1C(c2cccc([N+](=O)[O-])c2)=NC(C)(C)C1(C)C)C(=O)O. The molecule has 0 fully saturated rings. The van der Waals surface area contributed by atoms with Crippen LogP contribution in [0.1, 0.15) is 46.6 Å². The van der Waals surface area contributed by atoms with Gasteiger partial charge in [0.15, 0.2) is 11.9 Å². The van der Waals surface area contributed by atoms with Gasteiger partial charge in [0.25, 0.3) is 5.69 Å². The van der Waals surface area contributed by atoms with Crippen molar-refractivity contribution >= 4 is 17.5 Å². The van der Waals surface area contributed by atoms with E-state index < -0.39 is 28.1 Å². The van der Waals surface area contributed by atoms with E-state index in [0.29, 0.717) is 11.4 Å². The minimum absolute atomic E-state index is 0.0621. The molecule has 1 aromatic carbocycles. The monoisotopic (exact) mass is 349 g/mol. The van der Waals surface area contributed by atoms with Gasteiger partial charge in [-0.05, 0) is 34.1 Å². The highest BCUT2D eigenvalue weighted by atomic mass is 16.7. The van der Waals surface area contributed by atoms with Crippen LogP contribution in [0.4, 0.5) is 5.69 Å². The molecule has 1 N–H and O–H groups in total. The molecule has 1 unspecified atom stereocenters. The first kappa shape index (κ1) is 18.9. The summed E-state index contributed by atoms with van der Waals surface area (Å²) in [5.74, 6) is -0.681. The molecule has 0 aliphatic carbocycles. The third-order valence-corrected chi connectivity index (χ3v) is 4.78. The number of nitro groups is 1. The molecule has 1 aliphatic rings. The second-order valence-electron chi connectivity index (χ2n) is 7.00. The summed E-state index contributed by atoms with van der Waals surface area (Å²) < 4.78 is 0. The van der Waals surface area contributed by atoms with Crippen LogP contribution in [0.15, 0.2) is 29.3 Å². The highest BCUT2D eigenvalue weighted by Crippen LogP contribution is 2.40. The van der Waals surface area contributed by atoms with Crippen LogP contribution in [0.5, 0.6) is 0 Å². The van der Waals surface area contributed by atoms with Crippen molar-refractivity contribution in [2.45, 2.75) is 58.2 Å². The van der Waals surface area contributed by atoms with E-state index in [1.54, 1.807) is 19.1 Å². The summed E-state index contributed by atoms with van der Waals surface area (Å²) in [6, 6.07) is 6.07. The molecule has 25 heavy (non-hydrogen) atoms. The van der Waals surface area contributed by atoms with Crippen LogP contribution >= 0.6 is 0 Å². The lowest BCUT2D eigenvalue weighted by Gasteiger charge is -2.40. The van der Waals surface area contributed by atoms with Gasteiger partial charge in [0.1, 0.15) is 0 Å². The smallest absolute Gasteiger partial charge is 0.335 e. The predicted octanol–water partition coefficient (Wildman–Crippen LogP) is 3.01. The van der Waals surface area contributed by atoms with Crippen molar-refractivity contribution in [2.75, 3.05) is 0 Å². The third-order valence-electron chi connectivity index (χ3n) is 4.78. The second kappa shape index (κ2) is 6.44. The number of carbonyl (C=O) groups is 1. The lowest BCUT2D eigenvalue weighted by molar-refractivity contribution is -0.384. The number of carboxylic acids is 1. The summed E-state index contributed by atoms with van der Waals surface area (Å²) >= 11 is 0. The van der Waals surface area contributed by atoms with Crippen LogP contribution in [0.2, 0.25) is 0 Å². The summed E-state index contributed by atoms with van der Waals surface area (Å²) in [5.41, 5.74) is -0.777. The fraction of sp³-hybridized carbons (Fsp3) is 0.529. The van der Waals surface area contributed by atoms with E-state index in [4.69, 9.17) is 4.84 Å². The van der Waals surface area contributed by atoms with E-state index in [0.717, 1.165) is 0 Å². The van der Waals surface area contributed by atoms with Crippen molar-refractivity contribution in [3.8, 4) is 0 Å². The zero-order valence-electron chi connectivity index (χ0n) is 15.0. The van der Waals surface area contributed by atoms with E-state index in [1.165, 1.54) is 17.2 Å². The summed E-state index contributed by atoms with van der Waals surface area (Å²) in [7, 11) is 0. The molecule has 0 radical (unpaired) electrons. The molecule has 8 nitrogen and oxygen atoms in total. The third kappa shape index (κ3) is 3.34. The fourth-order valence-electron chi connectivity index (χ4n) is 2.50. The summed E-state index contributed by atoms with van der Waals surface area (Å²) in [4.78, 5) is 32.4. The molecule has 0 bridgehead atoms. The number of benzene rings is 1. The minimum atomic E-state index is -1.07. The number of nitro benzene ring substituents is 1. The molecule has 0 amide bonds. The van der Waals surface area contributed by atoms with Crippen LogP contribution in [0.25, 0.3) is 0 Å². The normalized spacial score (nSPS) is 19.4. The molecule has 1 aromatic rings. The second-order valence-corrected chi connectivity index (χ2v) is 7.00. The molecule has 0 aromatic heterocycles. The number of hydroxylamine groups is 2. The van der Waals surface area contributed by atoms with Crippen molar-refractivity contribution < 1.29 is 19.7 Å². The Kier molecular flexibility index (Phi) is 4.85. The van der Waals surface area contributed by atoms with Crippen LogP contribution in [0, 0.1) is 10.1 Å². The van der Waals surface area contributed by atoms with Crippen molar-refractivity contribution in [1.29, 1.82) is 0 Å². The first-order valence-corrected chi connectivity index (χ1v) is 8.05. The van der Waals surface area contributed by atoms with E-state index in [2.05, 4.69) is 4.99 Å². The van der Waals surface area contributed by atoms with Gasteiger partial charge in [0.2, 0.25) is 0 Å². The van der Waals surface area contributed by atoms with Crippen LogP contribution < -0.4 is 0 Å². The Labute approximate surface area is 146 Å². The Morgan fingerprint density at radius 2 is 2.04 bits per heavy atom. The van der Waals surface area contributed by atoms with Gasteiger partial charge >= 0.3 is 5.97 Å². The molecule has 8 heteroatoms. The maximum Gasteiger partial charge on any atom is 0.335 e. The van der Waals surface area contributed by atoms with E-state index in [1.807, 2.05) is 27.7 Å². The lowest BCUT2D eigenvalue weighted by atomic mass is 9.84. The predicted molar refractivity (Wildman–Crippen MR) is 92.4 cm³/mol. The molecule has 0 saturated heterocycles. The summed E-state index contributed by atoms with van der Waals surface area (Å²) in [6.45, 7) is 9.34. The van der Waals surface area contributed by atoms with Crippen molar-refractivity contribution in [3.63, 3.8) is 0 Å². The van der Waals surface area contributed by atoms with Crippen molar-refractivity contribution in [2.24, 2.45) is 4.99 Å². The van der Waals surface area contributed by atoms with Gasteiger partial charge in [-0.15, -0.1) is 0 Å². The number of hydrogen-bond acceptors (Lipinski definition) is 6. The molecular weight excluding hydrogens is 326 g/mol. The molecule has 0 saturated carbocycles. The van der Waals surface area contributed by atoms with E-state index in [9.17, 15) is 20.0 Å². The zero-order valence-corrected chi connectivity index (χ0v) is 15.0. The number of amidine groups is 1. The number of non-ortho nitro benzene ring substituents is 1. The van der Waals surface area contributed by atoms with Gasteiger partial charge in [-0.2, -0.15) is 0 Å². The van der Waals surface area contributed by atoms with Crippen molar-refractivity contribution in [3.05, 3.63) is 39.9 Å². The molecule has 0 spiro atoms. The van der Waals surface area contributed by atoms with Gasteiger partial charge in [-0.3, -0.25) is 19.9 Å². The molecule has 1 atom stereocenters. The average Bonchev–Trinajstić information content (AvgIpc) is 2.70. The molecule has 1 heterocycles. The largest absolute Gasteiger partial charge is 0.479 e. The fourth-order valence-corrected chi connectivity index (χ4v) is 2.50. The minimum Gasteiger partial charge on any atom is -0.479 e. The maximum absolute atomic E-state index is 11.4. The number of aliphatic imine (C=N–C) groups is 1. The Hall–Kier alpha value is -2.48. The summed E-state index contributed by atoms with van der Waals surface area (Å²) in [6.07, 6.45) is -0.748. The number of nitrogens with zero attached hydrogens (tertiary/aromatic N) is 3. The zero-order chi connectivity index (χ0) is 19.0. The van der Waals surface area contributed by atoms with Gasteiger partial charge in [-0.25, -0.2) is 9.86 Å². The quantitative estimate of drug-likeness (QED) is 0.625. The highest BCUT2D eigenvalue weighted by molar-refractivity contribution is 6.01. The Bertz CT molecular complexity index is 727. The van der Waals surface area contributed by atoms with E-state index in [-0.39, 0.29) is 12.1 Å².